The van der Waals surface area contributed by atoms with Gasteiger partial charge in [0.15, 0.2) is 0 Å². The maximum absolute atomic E-state index is 13.4. The molecule has 0 saturated heterocycles. The lowest BCUT2D eigenvalue weighted by molar-refractivity contribution is -0.128. The predicted octanol–water partition coefficient (Wildman–Crippen LogP) is 2.57. The van der Waals surface area contributed by atoms with Crippen LogP contribution in [0.25, 0.3) is 0 Å². The molecule has 2 amide bonds. The Morgan fingerprint density at radius 2 is 1.89 bits per heavy atom. The van der Waals surface area contributed by atoms with Crippen LogP contribution in [0.1, 0.15) is 30.0 Å². The Kier molecular flexibility index (Phi) is 5.91. The summed E-state index contributed by atoms with van der Waals surface area (Å²) in [5.41, 5.74) is 4.33. The fourth-order valence-corrected chi connectivity index (χ4v) is 3.40. The first kappa shape index (κ1) is 19.1. The zero-order valence-corrected chi connectivity index (χ0v) is 16.2. The molecule has 0 aliphatic carbocycles. The van der Waals surface area contributed by atoms with Gasteiger partial charge in [0.25, 0.3) is 0 Å². The molecular formula is C22H27N3O2. The zero-order valence-electron chi connectivity index (χ0n) is 16.2. The number of aryl methyl sites for hydroxylation is 2. The van der Waals surface area contributed by atoms with E-state index in [1.165, 1.54) is 0 Å². The number of likely N-dealkylation sites (N-methyl/N-ethyl adjacent to an activating group) is 1. The van der Waals surface area contributed by atoms with Crippen molar-refractivity contribution in [3.63, 3.8) is 0 Å². The van der Waals surface area contributed by atoms with Gasteiger partial charge in [-0.1, -0.05) is 42.5 Å². The van der Waals surface area contributed by atoms with Crippen LogP contribution in [0, 0.1) is 6.92 Å². The van der Waals surface area contributed by atoms with Crippen molar-refractivity contribution < 1.29 is 9.59 Å². The lowest BCUT2D eigenvalue weighted by Crippen LogP contribution is -2.52. The average Bonchev–Trinajstić information content (AvgIpc) is 2.81. The smallest absolute Gasteiger partial charge is 0.249 e. The van der Waals surface area contributed by atoms with Gasteiger partial charge in [-0.3, -0.25) is 9.59 Å². The molecule has 142 valence electrons. The van der Waals surface area contributed by atoms with Crippen molar-refractivity contribution in [3.05, 3.63) is 65.2 Å². The molecule has 3 rings (SSSR count). The molecule has 1 heterocycles. The van der Waals surface area contributed by atoms with Gasteiger partial charge in [-0.2, -0.15) is 0 Å². The molecule has 1 unspecified atom stereocenters. The Bertz CT molecular complexity index is 834. The van der Waals surface area contributed by atoms with Gasteiger partial charge >= 0.3 is 0 Å². The van der Waals surface area contributed by atoms with E-state index in [-0.39, 0.29) is 17.9 Å². The van der Waals surface area contributed by atoms with E-state index in [9.17, 15) is 9.59 Å². The third-order valence-electron chi connectivity index (χ3n) is 5.28. The number of rotatable bonds is 5. The minimum absolute atomic E-state index is 0.0557. The number of amides is 2. The lowest BCUT2D eigenvalue weighted by Gasteiger charge is -2.27. The molecule has 2 N–H and O–H groups in total. The molecule has 5 nitrogen and oxygen atoms in total. The number of anilines is 1. The van der Waals surface area contributed by atoms with Gasteiger partial charge < -0.3 is 15.5 Å². The summed E-state index contributed by atoms with van der Waals surface area (Å²) < 4.78 is 0. The van der Waals surface area contributed by atoms with E-state index in [0.29, 0.717) is 13.0 Å². The Morgan fingerprint density at radius 1 is 1.19 bits per heavy atom. The first-order chi connectivity index (χ1) is 13.0. The zero-order chi connectivity index (χ0) is 19.4. The third-order valence-corrected chi connectivity index (χ3v) is 5.28. The van der Waals surface area contributed by atoms with Crippen LogP contribution in [0.4, 0.5) is 5.69 Å². The fourth-order valence-electron chi connectivity index (χ4n) is 3.40. The van der Waals surface area contributed by atoms with Gasteiger partial charge in [0.1, 0.15) is 6.04 Å². The van der Waals surface area contributed by atoms with Gasteiger partial charge in [-0.15, -0.1) is 0 Å². The van der Waals surface area contributed by atoms with Gasteiger partial charge in [0, 0.05) is 5.69 Å². The second-order valence-corrected chi connectivity index (χ2v) is 7.09. The minimum atomic E-state index is -0.523. The van der Waals surface area contributed by atoms with Crippen LogP contribution in [0.2, 0.25) is 0 Å². The van der Waals surface area contributed by atoms with Gasteiger partial charge in [-0.25, -0.2) is 0 Å². The van der Waals surface area contributed by atoms with E-state index in [2.05, 4.69) is 29.7 Å². The van der Waals surface area contributed by atoms with Crippen molar-refractivity contribution in [2.24, 2.45) is 0 Å². The number of carbonyl (C=O) groups is 2. The van der Waals surface area contributed by atoms with Gasteiger partial charge in [-0.05, 0) is 56.5 Å². The monoisotopic (exact) mass is 365 g/mol. The Morgan fingerprint density at radius 3 is 2.63 bits per heavy atom. The normalized spacial score (nSPS) is 17.8. The molecule has 27 heavy (non-hydrogen) atoms. The molecule has 2 atom stereocenters. The van der Waals surface area contributed by atoms with E-state index >= 15 is 0 Å². The molecular weight excluding hydrogens is 338 g/mol. The summed E-state index contributed by atoms with van der Waals surface area (Å²) >= 11 is 0. The molecule has 5 heteroatoms. The van der Waals surface area contributed by atoms with E-state index in [1.54, 1.807) is 14.0 Å². The average molecular weight is 365 g/mol. The van der Waals surface area contributed by atoms with Crippen molar-refractivity contribution >= 4 is 17.5 Å². The number of hydrogen-bond acceptors (Lipinski definition) is 3. The molecule has 2 aromatic rings. The number of para-hydroxylation sites is 1. The Balaban J connectivity index is 1.92. The van der Waals surface area contributed by atoms with Crippen molar-refractivity contribution in [1.82, 2.24) is 10.6 Å². The SMILES string of the molecule is CN[C@@H](C)C(=O)NC1CCc2ccccc2N(Cc2ccccc2C)C1=O. The summed E-state index contributed by atoms with van der Waals surface area (Å²) in [7, 11) is 1.74. The number of benzene rings is 2. The number of fused-ring (bicyclic) bond motifs is 1. The molecule has 0 fully saturated rings. The van der Waals surface area contributed by atoms with Crippen LogP contribution < -0.4 is 15.5 Å². The number of hydrogen-bond donors (Lipinski definition) is 2. The number of carbonyl (C=O) groups excluding carboxylic acids is 2. The molecule has 0 bridgehead atoms. The summed E-state index contributed by atoms with van der Waals surface area (Å²) in [4.78, 5) is 27.5. The molecule has 2 aromatic carbocycles. The standard InChI is InChI=1S/C22H27N3O2/c1-15-8-4-5-10-18(15)14-25-20-11-7-6-9-17(20)12-13-19(22(25)27)24-21(26)16(2)23-3/h4-11,16,19,23H,12-14H2,1-3H3,(H,24,26)/t16-,19?/m0/s1. The van der Waals surface area contributed by atoms with Gasteiger partial charge in [0.05, 0.1) is 12.6 Å². The van der Waals surface area contributed by atoms with Crippen molar-refractivity contribution in [2.75, 3.05) is 11.9 Å². The molecule has 0 radical (unpaired) electrons. The molecule has 1 aliphatic rings. The maximum atomic E-state index is 13.4. The topological polar surface area (TPSA) is 61.4 Å². The Labute approximate surface area is 160 Å². The minimum Gasteiger partial charge on any atom is -0.343 e. The largest absolute Gasteiger partial charge is 0.343 e. The second-order valence-electron chi connectivity index (χ2n) is 7.09. The Hall–Kier alpha value is -2.66. The van der Waals surface area contributed by atoms with Crippen molar-refractivity contribution in [1.29, 1.82) is 0 Å². The highest BCUT2D eigenvalue weighted by Gasteiger charge is 2.32. The fraction of sp³-hybridized carbons (Fsp3) is 0.364. The maximum Gasteiger partial charge on any atom is 0.249 e. The van der Waals surface area contributed by atoms with E-state index in [1.807, 2.05) is 41.3 Å². The van der Waals surface area contributed by atoms with Crippen LogP contribution in [-0.4, -0.2) is 30.9 Å². The van der Waals surface area contributed by atoms with Crippen LogP contribution >= 0.6 is 0 Å². The van der Waals surface area contributed by atoms with Crippen LogP contribution in [0.3, 0.4) is 0 Å². The summed E-state index contributed by atoms with van der Waals surface area (Å²) in [6.45, 7) is 4.34. The summed E-state index contributed by atoms with van der Waals surface area (Å²) in [6, 6.07) is 15.2. The van der Waals surface area contributed by atoms with Gasteiger partial charge in [0.2, 0.25) is 11.8 Å². The number of nitrogens with one attached hydrogen (secondary N) is 2. The molecule has 0 saturated carbocycles. The van der Waals surface area contributed by atoms with Crippen LogP contribution in [0.5, 0.6) is 0 Å². The molecule has 0 spiro atoms. The van der Waals surface area contributed by atoms with Crippen LogP contribution in [-0.2, 0) is 22.6 Å². The highest BCUT2D eigenvalue weighted by Crippen LogP contribution is 2.29. The second kappa shape index (κ2) is 8.35. The lowest BCUT2D eigenvalue weighted by atomic mass is 10.1. The van der Waals surface area contributed by atoms with Crippen LogP contribution in [0.15, 0.2) is 48.5 Å². The summed E-state index contributed by atoms with van der Waals surface area (Å²) in [5, 5.41) is 5.86. The predicted molar refractivity (Wildman–Crippen MR) is 108 cm³/mol. The third kappa shape index (κ3) is 4.19. The number of nitrogens with zero attached hydrogens (tertiary/aromatic N) is 1. The molecule has 1 aliphatic heterocycles. The first-order valence-corrected chi connectivity index (χ1v) is 9.42. The quantitative estimate of drug-likeness (QED) is 0.856. The highest BCUT2D eigenvalue weighted by molar-refractivity contribution is 6.00. The van der Waals surface area contributed by atoms with E-state index in [0.717, 1.165) is 28.8 Å². The first-order valence-electron chi connectivity index (χ1n) is 9.42. The van der Waals surface area contributed by atoms with E-state index in [4.69, 9.17) is 0 Å². The van der Waals surface area contributed by atoms with Crippen molar-refractivity contribution in [2.45, 2.75) is 45.3 Å². The molecule has 0 aromatic heterocycles. The summed E-state index contributed by atoms with van der Waals surface area (Å²) in [5.74, 6) is -0.211. The van der Waals surface area contributed by atoms with E-state index < -0.39 is 6.04 Å². The highest BCUT2D eigenvalue weighted by atomic mass is 16.2. The van der Waals surface area contributed by atoms with Crippen molar-refractivity contribution in [3.8, 4) is 0 Å². The summed E-state index contributed by atoms with van der Waals surface area (Å²) in [6.07, 6.45) is 1.35.